The van der Waals surface area contributed by atoms with Crippen LogP contribution in [0.5, 0.6) is 0 Å². The molecule has 1 unspecified atom stereocenters. The van der Waals surface area contributed by atoms with Crippen LogP contribution in [0.3, 0.4) is 0 Å². The van der Waals surface area contributed by atoms with E-state index in [-0.39, 0.29) is 24.2 Å². The van der Waals surface area contributed by atoms with Crippen molar-refractivity contribution in [1.82, 2.24) is 4.57 Å². The lowest BCUT2D eigenvalue weighted by Gasteiger charge is -2.41. The summed E-state index contributed by atoms with van der Waals surface area (Å²) < 4.78 is 40.3. The number of benzene rings is 12. The molecular weight excluding hydrogens is 893 g/mol. The summed E-state index contributed by atoms with van der Waals surface area (Å²) in [7, 11) is 0. The van der Waals surface area contributed by atoms with E-state index < -0.39 is 10.8 Å². The molecule has 0 amide bonds. The van der Waals surface area contributed by atoms with Gasteiger partial charge in [0.2, 0.25) is 0 Å². The van der Waals surface area contributed by atoms with Crippen LogP contribution in [0.1, 0.15) is 50.0 Å². The Morgan fingerprint density at radius 3 is 1.55 bits per heavy atom. The van der Waals surface area contributed by atoms with Crippen molar-refractivity contribution in [2.24, 2.45) is 0 Å². The van der Waals surface area contributed by atoms with Gasteiger partial charge in [0.15, 0.2) is 0 Å². The van der Waals surface area contributed by atoms with Gasteiger partial charge in [0.05, 0.1) is 27.3 Å². The average molecular weight is 943 g/mol. The van der Waals surface area contributed by atoms with Gasteiger partial charge in [-0.15, -0.1) is 0 Å². The van der Waals surface area contributed by atoms with E-state index in [9.17, 15) is 4.11 Å². The second-order valence-corrected chi connectivity index (χ2v) is 20.0. The molecule has 1 heterocycles. The summed E-state index contributed by atoms with van der Waals surface area (Å²) >= 11 is 0. The van der Waals surface area contributed by atoms with Crippen LogP contribution in [0.25, 0.3) is 71.6 Å². The molecule has 13 aromatic rings. The lowest BCUT2D eigenvalue weighted by atomic mass is 9.61. The molecule has 1 aromatic heterocycles. The second kappa shape index (κ2) is 15.5. The number of hydrogen-bond acceptors (Lipinski definition) is 1. The van der Waals surface area contributed by atoms with Crippen molar-refractivity contribution in [3.63, 3.8) is 0 Å². The molecule has 74 heavy (non-hydrogen) atoms. The summed E-state index contributed by atoms with van der Waals surface area (Å²) in [5.74, 6) is 0. The Balaban J connectivity index is 1.03. The maximum absolute atomic E-state index is 9.98. The molecule has 0 saturated heterocycles. The summed E-state index contributed by atoms with van der Waals surface area (Å²) in [5, 5.41) is 4.44. The van der Waals surface area contributed by atoms with E-state index in [1.165, 1.54) is 33.4 Å². The quantitative estimate of drug-likeness (QED) is 0.161. The standard InChI is InChI=1S/C72H46N2/c1-4-22-48(23-5-1)71(49-24-6-2-7-25-49)62-33-14-10-30-56(62)57-41-38-52(45-66(57)71)73(51-40-43-69-61(44-51)59-31-13-17-37-68(59)74(69)50-26-8-3-9-27-50)53-39-42-58-60-32-18-20-47-21-19-36-65(70(47)60)72(67(58)46-53)63-34-15-11-28-54(63)55-29-12-16-35-64(55)72/h1-46H/i11D,15D,28D,34D. The van der Waals surface area contributed by atoms with Gasteiger partial charge in [0, 0.05) is 33.5 Å². The number of fused-ring (bicyclic) bond motifs is 15. The maximum Gasteiger partial charge on any atom is 0.0726 e. The second-order valence-electron chi connectivity index (χ2n) is 20.0. The summed E-state index contributed by atoms with van der Waals surface area (Å²) in [5.41, 5.74) is 18.6. The molecule has 0 aliphatic heterocycles. The largest absolute Gasteiger partial charge is 0.310 e. The van der Waals surface area contributed by atoms with Gasteiger partial charge in [-0.05, 0) is 149 Å². The lowest BCUT2D eigenvalue weighted by molar-refractivity contribution is 0.768. The van der Waals surface area contributed by atoms with Crippen LogP contribution in [0.4, 0.5) is 17.1 Å². The molecule has 2 nitrogen and oxygen atoms in total. The van der Waals surface area contributed by atoms with Gasteiger partial charge in [-0.2, -0.15) is 0 Å². The van der Waals surface area contributed by atoms with Gasteiger partial charge in [-0.3, -0.25) is 0 Å². The Morgan fingerprint density at radius 2 is 0.824 bits per heavy atom. The minimum Gasteiger partial charge on any atom is -0.310 e. The molecule has 16 rings (SSSR count). The van der Waals surface area contributed by atoms with Crippen LogP contribution < -0.4 is 4.90 Å². The van der Waals surface area contributed by atoms with E-state index in [1.807, 2.05) is 12.1 Å². The van der Waals surface area contributed by atoms with E-state index in [0.717, 1.165) is 88.7 Å². The van der Waals surface area contributed by atoms with Crippen LogP contribution in [-0.2, 0) is 10.8 Å². The molecule has 0 bridgehead atoms. The third kappa shape index (κ3) is 5.39. The Hall–Kier alpha value is -9.50. The van der Waals surface area contributed by atoms with Gasteiger partial charge in [-0.1, -0.05) is 218 Å². The molecule has 2 heteroatoms. The van der Waals surface area contributed by atoms with E-state index >= 15 is 0 Å². The first-order valence-corrected chi connectivity index (χ1v) is 25.5. The molecule has 12 aromatic carbocycles. The number of hydrogen-bond donors (Lipinski definition) is 0. The minimum atomic E-state index is -1.12. The molecule has 1 atom stereocenters. The van der Waals surface area contributed by atoms with Crippen LogP contribution in [0.2, 0.25) is 0 Å². The third-order valence-electron chi connectivity index (χ3n) is 16.6. The van der Waals surface area contributed by atoms with Crippen molar-refractivity contribution in [2.45, 2.75) is 10.8 Å². The predicted molar refractivity (Wildman–Crippen MR) is 307 cm³/mol. The smallest absolute Gasteiger partial charge is 0.0726 e. The summed E-state index contributed by atoms with van der Waals surface area (Å²) in [6, 6.07) is 91.4. The highest BCUT2D eigenvalue weighted by Crippen LogP contribution is 2.63. The topological polar surface area (TPSA) is 8.17 Å². The molecule has 3 aliphatic carbocycles. The molecular formula is C72H46N2. The van der Waals surface area contributed by atoms with E-state index in [0.29, 0.717) is 11.1 Å². The first-order valence-electron chi connectivity index (χ1n) is 27.5. The van der Waals surface area contributed by atoms with Gasteiger partial charge < -0.3 is 9.47 Å². The van der Waals surface area contributed by atoms with Crippen LogP contribution in [0.15, 0.2) is 279 Å². The van der Waals surface area contributed by atoms with Gasteiger partial charge in [0.25, 0.3) is 0 Å². The van der Waals surface area contributed by atoms with Crippen LogP contribution in [0, 0.1) is 0 Å². The van der Waals surface area contributed by atoms with Crippen molar-refractivity contribution in [2.75, 3.05) is 4.90 Å². The highest BCUT2D eigenvalue weighted by Gasteiger charge is 2.51. The van der Waals surface area contributed by atoms with E-state index in [4.69, 9.17) is 1.37 Å². The summed E-state index contributed by atoms with van der Waals surface area (Å²) in [4.78, 5) is 2.41. The molecule has 0 fully saturated rings. The van der Waals surface area contributed by atoms with Gasteiger partial charge in [-0.25, -0.2) is 0 Å². The Labute approximate surface area is 436 Å². The SMILES string of the molecule is [2H]c1c([2H])c([2H])c2c(c1[2H])-c1ccccc1C21c2cc(N(c3ccc4c(c3)C(c3ccccc3)(c3ccccc3)c3ccccc3-4)c3ccc4c(c3)c3ccccc3n4-c3ccccc3)ccc2-c2cccc3cccc1c23. The van der Waals surface area contributed by atoms with Crippen LogP contribution in [-0.4, -0.2) is 4.57 Å². The molecule has 3 aliphatic rings. The lowest BCUT2D eigenvalue weighted by Crippen LogP contribution is -2.32. The summed E-state index contributed by atoms with van der Waals surface area (Å²) in [6.45, 7) is 0. The monoisotopic (exact) mass is 942 g/mol. The molecule has 0 saturated carbocycles. The van der Waals surface area contributed by atoms with Crippen molar-refractivity contribution >= 4 is 49.6 Å². The third-order valence-corrected chi connectivity index (χ3v) is 16.6. The number of anilines is 3. The average Bonchev–Trinajstić information content (AvgIpc) is 3.44. The first kappa shape index (κ1) is 37.3. The molecule has 1 spiro atoms. The van der Waals surface area contributed by atoms with Crippen molar-refractivity contribution < 1.29 is 5.48 Å². The Morgan fingerprint density at radius 1 is 0.324 bits per heavy atom. The van der Waals surface area contributed by atoms with Crippen molar-refractivity contribution in [1.29, 1.82) is 0 Å². The predicted octanol–water partition coefficient (Wildman–Crippen LogP) is 18.1. The zero-order chi connectivity index (χ0) is 52.0. The fourth-order valence-corrected chi connectivity index (χ4v) is 13.7. The van der Waals surface area contributed by atoms with Crippen molar-refractivity contribution in [3.8, 4) is 39.1 Å². The van der Waals surface area contributed by atoms with Gasteiger partial charge in [0.1, 0.15) is 0 Å². The number of aromatic nitrogens is 1. The van der Waals surface area contributed by atoms with Gasteiger partial charge >= 0.3 is 0 Å². The molecule has 0 N–H and O–H groups in total. The molecule has 0 radical (unpaired) electrons. The zero-order valence-corrected chi connectivity index (χ0v) is 40.1. The first-order chi connectivity index (χ1) is 38.4. The molecule has 344 valence electrons. The van der Waals surface area contributed by atoms with Crippen LogP contribution >= 0.6 is 0 Å². The number of para-hydroxylation sites is 2. The fraction of sp³-hybridized carbons (Fsp3) is 0.0278. The van der Waals surface area contributed by atoms with E-state index in [1.54, 1.807) is 0 Å². The Kier molecular flexibility index (Phi) is 7.81. The minimum absolute atomic E-state index is 0.0246. The fourth-order valence-electron chi connectivity index (χ4n) is 13.7. The highest BCUT2D eigenvalue weighted by atomic mass is 15.1. The summed E-state index contributed by atoms with van der Waals surface area (Å²) in [6.07, 6.45) is 0. The van der Waals surface area contributed by atoms with Crippen molar-refractivity contribution in [3.05, 3.63) is 323 Å². The maximum atomic E-state index is 9.98. The number of nitrogens with zero attached hydrogens (tertiary/aromatic N) is 2. The van der Waals surface area contributed by atoms with E-state index in [2.05, 4.69) is 252 Å². The Bertz CT molecular complexity index is 4640. The normalized spacial score (nSPS) is 15.9. The number of rotatable bonds is 6. The zero-order valence-electron chi connectivity index (χ0n) is 44.1. The highest BCUT2D eigenvalue weighted by molar-refractivity contribution is 6.11.